The molecule has 0 heterocycles. The molecule has 0 N–H and O–H groups in total. The summed E-state index contributed by atoms with van der Waals surface area (Å²) in [5.74, 6) is 0.677. The van der Waals surface area contributed by atoms with Crippen molar-refractivity contribution in [1.82, 2.24) is 0 Å². The van der Waals surface area contributed by atoms with Gasteiger partial charge >= 0.3 is 0 Å². The Morgan fingerprint density at radius 3 is 1.04 bits per heavy atom. The average Bonchev–Trinajstić information content (AvgIpc) is 3.18. The van der Waals surface area contributed by atoms with Gasteiger partial charge in [-0.05, 0) is 47.1 Å². The molecule has 1 unspecified atom stereocenters. The van der Waals surface area contributed by atoms with Crippen molar-refractivity contribution in [3.05, 3.63) is 47.5 Å². The molecule has 53 heavy (non-hydrogen) atoms. The van der Waals surface area contributed by atoms with E-state index in [9.17, 15) is 0 Å². The zero-order valence-corrected chi connectivity index (χ0v) is 36.6. The monoisotopic (exact) mass is 731 g/mol. The second-order valence-corrected chi connectivity index (χ2v) is 17.7. The van der Waals surface area contributed by atoms with Crippen LogP contribution in [0.15, 0.2) is 36.4 Å². The second-order valence-electron chi connectivity index (χ2n) is 17.7. The molecule has 0 saturated carbocycles. The number of unbranched alkanes of at least 4 members (excludes halogenated alkanes) is 35. The Balaban J connectivity index is 1.48. The van der Waals surface area contributed by atoms with Gasteiger partial charge in [0.25, 0.3) is 0 Å². The molecule has 2 aromatic carbocycles. The van der Waals surface area contributed by atoms with Crippen LogP contribution in [0.25, 0.3) is 10.8 Å². The second kappa shape index (κ2) is 36.3. The van der Waals surface area contributed by atoms with E-state index in [2.05, 4.69) is 57.2 Å². The van der Waals surface area contributed by atoms with Crippen LogP contribution < -0.4 is 0 Å². The van der Waals surface area contributed by atoms with Crippen LogP contribution in [0.4, 0.5) is 0 Å². The van der Waals surface area contributed by atoms with Crippen molar-refractivity contribution in [2.75, 3.05) is 0 Å². The van der Waals surface area contributed by atoms with Gasteiger partial charge in [0.2, 0.25) is 0 Å². The van der Waals surface area contributed by atoms with Crippen LogP contribution in [0.5, 0.6) is 0 Å². The van der Waals surface area contributed by atoms with Gasteiger partial charge in [-0.1, -0.05) is 288 Å². The minimum Gasteiger partial charge on any atom is -0.0654 e. The first-order valence-corrected chi connectivity index (χ1v) is 24.8. The maximum Gasteiger partial charge on any atom is -0.0149 e. The molecule has 0 amide bonds. The lowest BCUT2D eigenvalue weighted by atomic mass is 9.86. The first kappa shape index (κ1) is 47.9. The van der Waals surface area contributed by atoms with Crippen molar-refractivity contribution < 1.29 is 0 Å². The number of hydrogen-bond acceptors (Lipinski definition) is 0. The first-order chi connectivity index (χ1) is 26.3. The van der Waals surface area contributed by atoms with Gasteiger partial charge in [0.1, 0.15) is 0 Å². The van der Waals surface area contributed by atoms with Crippen LogP contribution in [-0.4, -0.2) is 0 Å². The molecule has 0 radical (unpaired) electrons. The van der Waals surface area contributed by atoms with Crippen LogP contribution in [0.1, 0.15) is 282 Å². The van der Waals surface area contributed by atoms with E-state index in [-0.39, 0.29) is 0 Å². The van der Waals surface area contributed by atoms with Crippen LogP contribution in [0.3, 0.4) is 0 Å². The molecule has 0 heteroatoms. The van der Waals surface area contributed by atoms with Crippen molar-refractivity contribution in [2.45, 2.75) is 277 Å². The standard InChI is InChI=1S/C53H94/c1-4-6-8-10-12-14-16-18-20-22-23-24-26-28-30-32-34-36-38-40-46-53-51(48-47-50-44-41-42-45-52(50)53)49(3)43-39-37-35-33-31-29-27-25-21-19-17-15-13-11-9-7-5-2/h41-42,44-45,47-49H,4-40,43,46H2,1-3H3. The number of benzene rings is 2. The predicted molar refractivity (Wildman–Crippen MR) is 243 cm³/mol. The van der Waals surface area contributed by atoms with Crippen molar-refractivity contribution >= 4 is 10.8 Å². The normalized spacial score (nSPS) is 12.3. The van der Waals surface area contributed by atoms with Crippen LogP contribution >= 0.6 is 0 Å². The molecule has 2 rings (SSSR count). The summed E-state index contributed by atoms with van der Waals surface area (Å²) in [6.07, 6.45) is 56.3. The third-order valence-electron chi connectivity index (χ3n) is 12.6. The van der Waals surface area contributed by atoms with Crippen molar-refractivity contribution in [1.29, 1.82) is 0 Å². The summed E-state index contributed by atoms with van der Waals surface area (Å²) >= 11 is 0. The zero-order chi connectivity index (χ0) is 37.7. The first-order valence-electron chi connectivity index (χ1n) is 24.8. The third-order valence-corrected chi connectivity index (χ3v) is 12.6. The number of fused-ring (bicyclic) bond motifs is 1. The molecular formula is C53H94. The van der Waals surface area contributed by atoms with E-state index in [0.29, 0.717) is 5.92 Å². The Bertz CT molecular complexity index is 1030. The molecule has 0 aliphatic rings. The highest BCUT2D eigenvalue weighted by atomic mass is 14.2. The Morgan fingerprint density at radius 2 is 0.660 bits per heavy atom. The molecule has 0 saturated heterocycles. The lowest BCUT2D eigenvalue weighted by Gasteiger charge is -2.19. The van der Waals surface area contributed by atoms with E-state index in [1.807, 2.05) is 0 Å². The average molecular weight is 731 g/mol. The van der Waals surface area contributed by atoms with Gasteiger partial charge in [0, 0.05) is 0 Å². The summed E-state index contributed by atoms with van der Waals surface area (Å²) in [5, 5.41) is 2.96. The smallest absolute Gasteiger partial charge is 0.0149 e. The van der Waals surface area contributed by atoms with Crippen molar-refractivity contribution in [2.24, 2.45) is 0 Å². The minimum atomic E-state index is 0.677. The molecular weight excluding hydrogens is 637 g/mol. The van der Waals surface area contributed by atoms with Gasteiger partial charge in [-0.15, -0.1) is 0 Å². The highest BCUT2D eigenvalue weighted by Gasteiger charge is 2.13. The molecule has 0 aromatic heterocycles. The highest BCUT2D eigenvalue weighted by Crippen LogP contribution is 2.32. The molecule has 1 atom stereocenters. The van der Waals surface area contributed by atoms with Crippen LogP contribution in [0.2, 0.25) is 0 Å². The number of rotatable bonds is 40. The summed E-state index contributed by atoms with van der Waals surface area (Å²) in [4.78, 5) is 0. The third kappa shape index (κ3) is 26.2. The summed E-state index contributed by atoms with van der Waals surface area (Å²) in [5.41, 5.74) is 3.32. The fourth-order valence-corrected chi connectivity index (χ4v) is 8.98. The Hall–Kier alpha value is -1.30. The lowest BCUT2D eigenvalue weighted by molar-refractivity contribution is 0.518. The fraction of sp³-hybridized carbons (Fsp3) is 0.811. The Labute approximate surface area is 334 Å². The van der Waals surface area contributed by atoms with E-state index in [1.165, 1.54) is 261 Å². The van der Waals surface area contributed by atoms with E-state index in [1.54, 1.807) is 11.1 Å². The van der Waals surface area contributed by atoms with Gasteiger partial charge in [-0.2, -0.15) is 0 Å². The molecule has 0 spiro atoms. The maximum absolute atomic E-state index is 2.51. The quantitative estimate of drug-likeness (QED) is 0.0599. The fourth-order valence-electron chi connectivity index (χ4n) is 8.98. The minimum absolute atomic E-state index is 0.677. The SMILES string of the molecule is CCCCCCCCCCCCCCCCCCCCCCc1c(C(C)CCCCCCCCCCCCCCCCCCC)ccc2ccccc12. The van der Waals surface area contributed by atoms with E-state index in [0.717, 1.165) is 0 Å². The van der Waals surface area contributed by atoms with Gasteiger partial charge < -0.3 is 0 Å². The molecule has 306 valence electrons. The summed E-state index contributed by atoms with van der Waals surface area (Å²) < 4.78 is 0. The number of aryl methyl sites for hydroxylation is 1. The topological polar surface area (TPSA) is 0 Å². The maximum atomic E-state index is 2.51. The van der Waals surface area contributed by atoms with E-state index < -0.39 is 0 Å². The van der Waals surface area contributed by atoms with Gasteiger partial charge in [-0.3, -0.25) is 0 Å². The number of hydrogen-bond donors (Lipinski definition) is 0. The van der Waals surface area contributed by atoms with Crippen molar-refractivity contribution in [3.63, 3.8) is 0 Å². The van der Waals surface area contributed by atoms with Crippen LogP contribution in [0, 0.1) is 0 Å². The Morgan fingerprint density at radius 1 is 0.340 bits per heavy atom. The largest absolute Gasteiger partial charge is 0.0654 e. The van der Waals surface area contributed by atoms with E-state index >= 15 is 0 Å². The molecule has 0 aliphatic carbocycles. The summed E-state index contributed by atoms with van der Waals surface area (Å²) in [6.45, 7) is 7.13. The Kier molecular flexibility index (Phi) is 32.8. The zero-order valence-electron chi connectivity index (χ0n) is 36.6. The van der Waals surface area contributed by atoms with Crippen molar-refractivity contribution in [3.8, 4) is 0 Å². The van der Waals surface area contributed by atoms with Gasteiger partial charge in [-0.25, -0.2) is 0 Å². The molecule has 0 aliphatic heterocycles. The summed E-state index contributed by atoms with van der Waals surface area (Å²) in [7, 11) is 0. The van der Waals surface area contributed by atoms with E-state index in [4.69, 9.17) is 0 Å². The molecule has 0 fully saturated rings. The van der Waals surface area contributed by atoms with Gasteiger partial charge in [0.15, 0.2) is 0 Å². The lowest BCUT2D eigenvalue weighted by Crippen LogP contribution is -2.02. The molecule has 2 aromatic rings. The summed E-state index contributed by atoms with van der Waals surface area (Å²) in [6, 6.07) is 14.1. The molecule has 0 nitrogen and oxygen atoms in total. The van der Waals surface area contributed by atoms with Crippen LogP contribution in [-0.2, 0) is 6.42 Å². The molecule has 0 bridgehead atoms. The van der Waals surface area contributed by atoms with Gasteiger partial charge in [0.05, 0.1) is 0 Å². The highest BCUT2D eigenvalue weighted by molar-refractivity contribution is 5.87. The predicted octanol–water partition coefficient (Wildman–Crippen LogP) is 19.3.